The molecule has 21 heavy (non-hydrogen) atoms. The van der Waals surface area contributed by atoms with Gasteiger partial charge in [0, 0.05) is 18.0 Å². The summed E-state index contributed by atoms with van der Waals surface area (Å²) in [6.45, 7) is 0.397. The van der Waals surface area contributed by atoms with Crippen molar-refractivity contribution in [2.45, 2.75) is 12.8 Å². The fourth-order valence-electron chi connectivity index (χ4n) is 1.93. The molecule has 110 valence electrons. The molecular formula is C15H18N4O2. The molecule has 6 heteroatoms. The van der Waals surface area contributed by atoms with Crippen LogP contribution in [-0.4, -0.2) is 29.9 Å². The monoisotopic (exact) mass is 286 g/mol. The van der Waals surface area contributed by atoms with Gasteiger partial charge in [0.2, 0.25) is 11.8 Å². The second-order valence-corrected chi connectivity index (χ2v) is 4.60. The Bertz CT molecular complexity index is 637. The summed E-state index contributed by atoms with van der Waals surface area (Å²) in [4.78, 5) is 27.5. The molecule has 4 N–H and O–H groups in total. The van der Waals surface area contributed by atoms with Crippen LogP contribution in [0.4, 0.5) is 5.69 Å². The Morgan fingerprint density at radius 1 is 1.14 bits per heavy atom. The van der Waals surface area contributed by atoms with Crippen molar-refractivity contribution in [1.82, 2.24) is 10.3 Å². The number of nitrogens with one attached hydrogen (secondary N) is 2. The van der Waals surface area contributed by atoms with E-state index in [2.05, 4.69) is 15.6 Å². The first-order valence-electron chi connectivity index (χ1n) is 6.81. The second-order valence-electron chi connectivity index (χ2n) is 4.60. The molecular weight excluding hydrogens is 268 g/mol. The molecule has 0 unspecified atom stereocenters. The summed E-state index contributed by atoms with van der Waals surface area (Å²) >= 11 is 0. The Morgan fingerprint density at radius 3 is 2.76 bits per heavy atom. The lowest BCUT2D eigenvalue weighted by atomic mass is 10.2. The number of nitrogens with two attached hydrogens (primary N) is 1. The highest BCUT2D eigenvalue weighted by Crippen LogP contribution is 2.20. The molecule has 0 aliphatic carbocycles. The van der Waals surface area contributed by atoms with Crippen LogP contribution in [0.25, 0.3) is 10.9 Å². The maximum absolute atomic E-state index is 11.9. The van der Waals surface area contributed by atoms with Crippen LogP contribution in [0, 0.1) is 0 Å². The number of carbonyl (C=O) groups is 2. The zero-order valence-corrected chi connectivity index (χ0v) is 11.6. The lowest BCUT2D eigenvalue weighted by Gasteiger charge is -2.08. The van der Waals surface area contributed by atoms with Crippen LogP contribution in [-0.2, 0) is 9.59 Å². The molecule has 1 aromatic heterocycles. The number of para-hydroxylation sites is 1. The first-order valence-corrected chi connectivity index (χ1v) is 6.81. The summed E-state index contributed by atoms with van der Waals surface area (Å²) < 4.78 is 0. The molecule has 6 nitrogen and oxygen atoms in total. The van der Waals surface area contributed by atoms with E-state index in [-0.39, 0.29) is 18.4 Å². The molecule has 0 bridgehead atoms. The van der Waals surface area contributed by atoms with Crippen molar-refractivity contribution in [2.24, 2.45) is 5.73 Å². The van der Waals surface area contributed by atoms with Gasteiger partial charge >= 0.3 is 0 Å². The van der Waals surface area contributed by atoms with Crippen LogP contribution >= 0.6 is 0 Å². The fraction of sp³-hybridized carbons (Fsp3) is 0.267. The molecule has 0 atom stereocenters. The predicted octanol–water partition coefficient (Wildman–Crippen LogP) is 1.03. The summed E-state index contributed by atoms with van der Waals surface area (Å²) in [5, 5.41) is 6.26. The lowest BCUT2D eigenvalue weighted by Crippen LogP contribution is -2.33. The molecule has 0 saturated heterocycles. The molecule has 0 aliphatic rings. The summed E-state index contributed by atoms with van der Waals surface area (Å²) in [6, 6.07) is 9.31. The van der Waals surface area contributed by atoms with E-state index in [4.69, 9.17) is 5.73 Å². The van der Waals surface area contributed by atoms with E-state index in [9.17, 15) is 9.59 Å². The third kappa shape index (κ3) is 4.25. The number of nitrogens with zero attached hydrogens (tertiary/aromatic N) is 1. The number of rotatable bonds is 6. The van der Waals surface area contributed by atoms with E-state index >= 15 is 0 Å². The highest BCUT2D eigenvalue weighted by Gasteiger charge is 2.08. The van der Waals surface area contributed by atoms with Crippen molar-refractivity contribution in [3.8, 4) is 0 Å². The van der Waals surface area contributed by atoms with E-state index < -0.39 is 0 Å². The largest absolute Gasteiger partial charge is 0.347 e. The van der Waals surface area contributed by atoms with E-state index in [1.807, 2.05) is 24.3 Å². The van der Waals surface area contributed by atoms with Gasteiger partial charge in [0.15, 0.2) is 0 Å². The molecule has 0 fully saturated rings. The van der Waals surface area contributed by atoms with Gasteiger partial charge in [-0.1, -0.05) is 18.2 Å². The summed E-state index contributed by atoms with van der Waals surface area (Å²) in [5.74, 6) is -0.458. The number of fused-ring (bicyclic) bond motifs is 1. The number of pyridine rings is 1. The highest BCUT2D eigenvalue weighted by atomic mass is 16.2. The van der Waals surface area contributed by atoms with Gasteiger partial charge < -0.3 is 16.4 Å². The maximum atomic E-state index is 11.9. The van der Waals surface area contributed by atoms with E-state index in [1.165, 1.54) is 0 Å². The van der Waals surface area contributed by atoms with Crippen molar-refractivity contribution in [1.29, 1.82) is 0 Å². The number of aromatic nitrogens is 1. The van der Waals surface area contributed by atoms with E-state index in [1.54, 1.807) is 12.3 Å². The topological polar surface area (TPSA) is 97.1 Å². The zero-order valence-electron chi connectivity index (χ0n) is 11.6. The maximum Gasteiger partial charge on any atom is 0.243 e. The minimum atomic E-state index is -0.283. The summed E-state index contributed by atoms with van der Waals surface area (Å²) in [6.07, 6.45) is 2.62. The minimum absolute atomic E-state index is 0.0629. The van der Waals surface area contributed by atoms with Crippen molar-refractivity contribution >= 4 is 28.4 Å². The van der Waals surface area contributed by atoms with Crippen LogP contribution in [0.1, 0.15) is 12.8 Å². The zero-order chi connectivity index (χ0) is 15.1. The van der Waals surface area contributed by atoms with Gasteiger partial charge in [0.05, 0.1) is 17.7 Å². The van der Waals surface area contributed by atoms with Crippen molar-refractivity contribution in [2.75, 3.05) is 18.4 Å². The number of benzene rings is 1. The third-order valence-corrected chi connectivity index (χ3v) is 2.96. The van der Waals surface area contributed by atoms with Gasteiger partial charge in [-0.3, -0.25) is 14.6 Å². The Morgan fingerprint density at radius 2 is 1.95 bits per heavy atom. The third-order valence-electron chi connectivity index (χ3n) is 2.96. The Balaban J connectivity index is 1.94. The van der Waals surface area contributed by atoms with Crippen LogP contribution in [0.15, 0.2) is 36.5 Å². The normalized spacial score (nSPS) is 10.3. The number of hydrogen-bond donors (Lipinski definition) is 3. The van der Waals surface area contributed by atoms with E-state index in [0.717, 1.165) is 10.9 Å². The Hall–Kier alpha value is -2.47. The predicted molar refractivity (Wildman–Crippen MR) is 81.7 cm³/mol. The smallest absolute Gasteiger partial charge is 0.243 e. The van der Waals surface area contributed by atoms with Crippen molar-refractivity contribution < 1.29 is 9.59 Å². The van der Waals surface area contributed by atoms with Gasteiger partial charge in [-0.25, -0.2) is 0 Å². The minimum Gasteiger partial charge on any atom is -0.347 e. The second kappa shape index (κ2) is 7.35. The van der Waals surface area contributed by atoms with Crippen molar-refractivity contribution in [3.05, 3.63) is 36.5 Å². The number of carbonyl (C=O) groups excluding carboxylic acids is 2. The molecule has 0 spiro atoms. The SMILES string of the molecule is NCCCC(=O)NCC(=O)Nc1cccc2cccnc12. The van der Waals surface area contributed by atoms with Gasteiger partial charge in [0.1, 0.15) is 0 Å². The van der Waals surface area contributed by atoms with E-state index in [0.29, 0.717) is 25.1 Å². The average molecular weight is 286 g/mol. The molecule has 0 radical (unpaired) electrons. The molecule has 0 saturated carbocycles. The highest BCUT2D eigenvalue weighted by molar-refractivity contribution is 6.01. The van der Waals surface area contributed by atoms with Gasteiger partial charge in [0.25, 0.3) is 0 Å². The average Bonchev–Trinajstić information content (AvgIpc) is 2.51. The van der Waals surface area contributed by atoms with Crippen LogP contribution in [0.5, 0.6) is 0 Å². The van der Waals surface area contributed by atoms with Crippen LogP contribution in [0.3, 0.4) is 0 Å². The van der Waals surface area contributed by atoms with Gasteiger partial charge in [-0.2, -0.15) is 0 Å². The summed E-state index contributed by atoms with van der Waals surface area (Å²) in [7, 11) is 0. The van der Waals surface area contributed by atoms with Gasteiger partial charge in [-0.05, 0) is 25.1 Å². The molecule has 0 aliphatic heterocycles. The van der Waals surface area contributed by atoms with Crippen LogP contribution in [0.2, 0.25) is 0 Å². The molecule has 2 amide bonds. The summed E-state index contributed by atoms with van der Waals surface area (Å²) in [5.41, 5.74) is 6.68. The number of anilines is 1. The van der Waals surface area contributed by atoms with Crippen LogP contribution < -0.4 is 16.4 Å². The first kappa shape index (κ1) is 14.9. The molecule has 2 aromatic rings. The Kier molecular flexibility index (Phi) is 5.22. The first-order chi connectivity index (χ1) is 10.2. The Labute approximate surface area is 122 Å². The van der Waals surface area contributed by atoms with Crippen molar-refractivity contribution in [3.63, 3.8) is 0 Å². The molecule has 1 aromatic carbocycles. The van der Waals surface area contributed by atoms with Gasteiger partial charge in [-0.15, -0.1) is 0 Å². The lowest BCUT2D eigenvalue weighted by molar-refractivity contribution is -0.124. The standard InChI is InChI=1S/C15H18N4O2/c16-8-2-7-13(20)18-10-14(21)19-12-6-1-4-11-5-3-9-17-15(11)12/h1,3-6,9H,2,7-8,10,16H2,(H,18,20)(H,19,21). The molecule has 1 heterocycles. The molecule has 2 rings (SSSR count). The number of hydrogen-bond acceptors (Lipinski definition) is 4. The fourth-order valence-corrected chi connectivity index (χ4v) is 1.93. The quantitative estimate of drug-likeness (QED) is 0.738. The number of amides is 2.